The number of hydrogen-bond acceptors (Lipinski definition) is 6. The fraction of sp³-hybridized carbons (Fsp3) is 0.643. The van der Waals surface area contributed by atoms with Crippen molar-refractivity contribution in [2.75, 3.05) is 36.9 Å². The van der Waals surface area contributed by atoms with Gasteiger partial charge >= 0.3 is 0 Å². The van der Waals surface area contributed by atoms with Crippen LogP contribution in [0.25, 0.3) is 11.2 Å². The van der Waals surface area contributed by atoms with E-state index in [1.807, 2.05) is 6.33 Å². The van der Waals surface area contributed by atoms with E-state index in [1.165, 1.54) is 0 Å². The second kappa shape index (κ2) is 5.48. The topological polar surface area (TPSA) is 82.1 Å². The van der Waals surface area contributed by atoms with Gasteiger partial charge in [-0.2, -0.15) is 9.97 Å². The number of nitrogen functional groups attached to an aromatic ring is 1. The van der Waals surface area contributed by atoms with E-state index in [1.54, 1.807) is 0 Å². The zero-order chi connectivity index (χ0) is 15.0. The molecule has 2 aromatic rings. The lowest BCUT2D eigenvalue weighted by Crippen LogP contribution is -2.37. The molecule has 3 rings (SSSR count). The molecule has 0 amide bonds. The van der Waals surface area contributed by atoms with Crippen LogP contribution < -0.4 is 10.6 Å². The first-order valence-electron chi connectivity index (χ1n) is 7.40. The Morgan fingerprint density at radius 1 is 1.19 bits per heavy atom. The third kappa shape index (κ3) is 2.53. The van der Waals surface area contributed by atoms with Crippen molar-refractivity contribution in [3.63, 3.8) is 0 Å². The summed E-state index contributed by atoms with van der Waals surface area (Å²) in [5.41, 5.74) is 7.56. The van der Waals surface area contributed by atoms with Crippen LogP contribution >= 0.6 is 0 Å². The molecule has 1 aliphatic heterocycles. The summed E-state index contributed by atoms with van der Waals surface area (Å²) in [6, 6.07) is 0.307. The highest BCUT2D eigenvalue weighted by molar-refractivity contribution is 5.83. The fourth-order valence-electron chi connectivity index (χ4n) is 2.45. The third-order valence-electron chi connectivity index (χ3n) is 4.13. The number of morpholine rings is 1. The van der Waals surface area contributed by atoms with Crippen LogP contribution in [0, 0.1) is 5.92 Å². The molecule has 0 aromatic carbocycles. The molecule has 1 fully saturated rings. The molecule has 114 valence electrons. The van der Waals surface area contributed by atoms with Crippen molar-refractivity contribution >= 4 is 22.9 Å². The molecular weight excluding hydrogens is 268 g/mol. The van der Waals surface area contributed by atoms with Crippen LogP contribution in [0.2, 0.25) is 0 Å². The molecule has 7 heteroatoms. The van der Waals surface area contributed by atoms with Crippen LogP contribution in [0.3, 0.4) is 0 Å². The highest BCUT2D eigenvalue weighted by atomic mass is 16.5. The molecule has 1 saturated heterocycles. The molecule has 1 aliphatic rings. The average molecular weight is 290 g/mol. The number of imidazole rings is 1. The molecule has 0 bridgehead atoms. The van der Waals surface area contributed by atoms with E-state index in [9.17, 15) is 0 Å². The van der Waals surface area contributed by atoms with Crippen molar-refractivity contribution in [3.8, 4) is 0 Å². The van der Waals surface area contributed by atoms with Gasteiger partial charge in [-0.05, 0) is 12.8 Å². The summed E-state index contributed by atoms with van der Waals surface area (Å²) < 4.78 is 7.46. The van der Waals surface area contributed by atoms with Crippen LogP contribution in [0.1, 0.15) is 26.8 Å². The highest BCUT2D eigenvalue weighted by Crippen LogP contribution is 2.26. The van der Waals surface area contributed by atoms with E-state index in [2.05, 4.69) is 40.2 Å². The maximum absolute atomic E-state index is 6.07. The third-order valence-corrected chi connectivity index (χ3v) is 4.13. The fourth-order valence-corrected chi connectivity index (χ4v) is 2.45. The number of ether oxygens (including phenoxy) is 1. The smallest absolute Gasteiger partial charge is 0.229 e. The Morgan fingerprint density at radius 2 is 1.90 bits per heavy atom. The summed E-state index contributed by atoms with van der Waals surface area (Å²) >= 11 is 0. The van der Waals surface area contributed by atoms with Crippen LogP contribution in [0.5, 0.6) is 0 Å². The number of aromatic nitrogens is 4. The molecule has 2 N–H and O–H groups in total. The van der Waals surface area contributed by atoms with Gasteiger partial charge < -0.3 is 19.9 Å². The number of nitrogens with two attached hydrogens (primary N) is 1. The van der Waals surface area contributed by atoms with Crippen LogP contribution in [-0.2, 0) is 4.74 Å². The van der Waals surface area contributed by atoms with Gasteiger partial charge in [0, 0.05) is 19.1 Å². The predicted octanol–water partition coefficient (Wildman–Crippen LogP) is 1.46. The molecule has 0 spiro atoms. The second-order valence-electron chi connectivity index (χ2n) is 5.82. The lowest BCUT2D eigenvalue weighted by molar-refractivity contribution is 0.122. The first-order chi connectivity index (χ1) is 10.1. The average Bonchev–Trinajstić information content (AvgIpc) is 2.91. The molecule has 2 aromatic heterocycles. The van der Waals surface area contributed by atoms with Crippen LogP contribution in [0.15, 0.2) is 6.33 Å². The van der Waals surface area contributed by atoms with E-state index in [4.69, 9.17) is 15.5 Å². The summed E-state index contributed by atoms with van der Waals surface area (Å²) in [5.74, 6) is 1.60. The number of fused-ring (bicyclic) bond motifs is 1. The summed E-state index contributed by atoms with van der Waals surface area (Å²) in [7, 11) is 0. The molecule has 1 atom stereocenters. The standard InChI is InChI=1S/C14H22N6O/c1-9(2)10(3)20-8-16-11-12(15)17-14(18-13(11)20)19-4-6-21-7-5-19/h8-10H,4-7H2,1-3H3,(H2,15,17,18)/t10-/m0/s1. The Balaban J connectivity index is 2.05. The van der Waals surface area contributed by atoms with Gasteiger partial charge in [0.15, 0.2) is 11.5 Å². The minimum atomic E-state index is 0.307. The zero-order valence-corrected chi connectivity index (χ0v) is 12.8. The lowest BCUT2D eigenvalue weighted by Gasteiger charge is -2.27. The van der Waals surface area contributed by atoms with E-state index >= 15 is 0 Å². The number of hydrogen-bond donors (Lipinski definition) is 1. The van der Waals surface area contributed by atoms with Gasteiger partial charge in [0.2, 0.25) is 5.95 Å². The van der Waals surface area contributed by atoms with Crippen molar-refractivity contribution in [3.05, 3.63) is 6.33 Å². The summed E-state index contributed by atoms with van der Waals surface area (Å²) in [5, 5.41) is 0. The Morgan fingerprint density at radius 3 is 2.57 bits per heavy atom. The van der Waals surface area contributed by atoms with Gasteiger partial charge in [-0.1, -0.05) is 13.8 Å². The molecule has 0 saturated carbocycles. The first-order valence-corrected chi connectivity index (χ1v) is 7.40. The SMILES string of the molecule is CC(C)[C@H](C)n1cnc2c(N)nc(N3CCOCC3)nc21. The molecule has 3 heterocycles. The van der Waals surface area contributed by atoms with Gasteiger partial charge in [-0.15, -0.1) is 0 Å². The number of anilines is 2. The van der Waals surface area contributed by atoms with Gasteiger partial charge in [-0.25, -0.2) is 4.98 Å². The Labute approximate surface area is 124 Å². The molecular formula is C14H22N6O. The Hall–Kier alpha value is -1.89. The quantitative estimate of drug-likeness (QED) is 0.921. The van der Waals surface area contributed by atoms with Gasteiger partial charge in [0.05, 0.1) is 19.5 Å². The van der Waals surface area contributed by atoms with Crippen LogP contribution in [0.4, 0.5) is 11.8 Å². The van der Waals surface area contributed by atoms with E-state index in [0.29, 0.717) is 42.5 Å². The van der Waals surface area contributed by atoms with Crippen LogP contribution in [-0.4, -0.2) is 45.8 Å². The van der Waals surface area contributed by atoms with E-state index in [-0.39, 0.29) is 0 Å². The van der Waals surface area contributed by atoms with Gasteiger partial charge in [0.25, 0.3) is 0 Å². The van der Waals surface area contributed by atoms with Gasteiger partial charge in [0.1, 0.15) is 5.52 Å². The second-order valence-corrected chi connectivity index (χ2v) is 5.82. The predicted molar refractivity (Wildman–Crippen MR) is 82.3 cm³/mol. The first kappa shape index (κ1) is 14.1. The normalized spacial score (nSPS) is 17.6. The van der Waals surface area contributed by atoms with Crippen molar-refractivity contribution in [1.82, 2.24) is 19.5 Å². The largest absolute Gasteiger partial charge is 0.382 e. The van der Waals surface area contributed by atoms with Gasteiger partial charge in [-0.3, -0.25) is 0 Å². The maximum Gasteiger partial charge on any atom is 0.229 e. The maximum atomic E-state index is 6.07. The molecule has 0 aliphatic carbocycles. The number of rotatable bonds is 3. The lowest BCUT2D eigenvalue weighted by atomic mass is 10.1. The molecule has 7 nitrogen and oxygen atoms in total. The summed E-state index contributed by atoms with van der Waals surface area (Å²) in [6.07, 6.45) is 1.81. The number of nitrogens with zero attached hydrogens (tertiary/aromatic N) is 5. The molecule has 0 unspecified atom stereocenters. The van der Waals surface area contributed by atoms with E-state index < -0.39 is 0 Å². The van der Waals surface area contributed by atoms with Crippen molar-refractivity contribution in [2.45, 2.75) is 26.8 Å². The van der Waals surface area contributed by atoms with E-state index in [0.717, 1.165) is 18.7 Å². The Kier molecular flexibility index (Phi) is 3.67. The molecule has 21 heavy (non-hydrogen) atoms. The zero-order valence-electron chi connectivity index (χ0n) is 12.8. The Bertz CT molecular complexity index is 632. The van der Waals surface area contributed by atoms with Crippen molar-refractivity contribution in [2.24, 2.45) is 5.92 Å². The highest BCUT2D eigenvalue weighted by Gasteiger charge is 2.20. The minimum Gasteiger partial charge on any atom is -0.382 e. The minimum absolute atomic E-state index is 0.307. The summed E-state index contributed by atoms with van der Waals surface area (Å²) in [6.45, 7) is 9.51. The monoisotopic (exact) mass is 290 g/mol. The summed E-state index contributed by atoms with van der Waals surface area (Å²) in [4.78, 5) is 15.6. The van der Waals surface area contributed by atoms with Crippen molar-refractivity contribution < 1.29 is 4.74 Å². The molecule has 0 radical (unpaired) electrons. The van der Waals surface area contributed by atoms with Crippen molar-refractivity contribution in [1.29, 1.82) is 0 Å².